The summed E-state index contributed by atoms with van der Waals surface area (Å²) in [4.78, 5) is 11.3. The first-order valence-electron chi connectivity index (χ1n) is 6.17. The molecule has 2 aromatic rings. The lowest BCUT2D eigenvalue weighted by Gasteiger charge is -2.09. The topological polar surface area (TPSA) is 55.8 Å². The van der Waals surface area contributed by atoms with Gasteiger partial charge in [0.15, 0.2) is 0 Å². The van der Waals surface area contributed by atoms with Crippen molar-refractivity contribution in [2.75, 3.05) is 14.2 Å². The number of hydrogen-bond acceptors (Lipinski definition) is 3. The molecule has 2 aromatic carbocycles. The number of hydrogen-bond donors (Lipinski definition) is 1. The van der Waals surface area contributed by atoms with Gasteiger partial charge in [-0.1, -0.05) is 12.1 Å². The van der Waals surface area contributed by atoms with E-state index in [9.17, 15) is 9.90 Å². The number of methoxy groups -OCH3 is 2. The van der Waals surface area contributed by atoms with E-state index in [4.69, 9.17) is 9.47 Å². The number of carbonyl (C=O) groups is 1. The Labute approximate surface area is 117 Å². The van der Waals surface area contributed by atoms with Gasteiger partial charge in [0.25, 0.3) is 0 Å². The average Bonchev–Trinajstić information content (AvgIpc) is 2.47. The van der Waals surface area contributed by atoms with Crippen molar-refractivity contribution in [1.82, 2.24) is 0 Å². The zero-order valence-corrected chi connectivity index (χ0v) is 11.4. The fourth-order valence-electron chi connectivity index (χ4n) is 2.05. The fourth-order valence-corrected chi connectivity index (χ4v) is 2.05. The van der Waals surface area contributed by atoms with Crippen molar-refractivity contribution in [3.05, 3.63) is 59.2 Å². The molecule has 0 heterocycles. The predicted molar refractivity (Wildman–Crippen MR) is 75.8 cm³/mol. The molecule has 0 aliphatic carbocycles. The van der Waals surface area contributed by atoms with Crippen LogP contribution in [0.25, 0.3) is 0 Å². The van der Waals surface area contributed by atoms with Crippen molar-refractivity contribution in [3.8, 4) is 11.5 Å². The summed E-state index contributed by atoms with van der Waals surface area (Å²) < 4.78 is 10.3. The normalized spacial score (nSPS) is 10.1. The van der Waals surface area contributed by atoms with E-state index >= 15 is 0 Å². The SMILES string of the molecule is COc1cccc(Cc2cc(OC)ccc2C(=O)O)c1. The molecule has 0 atom stereocenters. The van der Waals surface area contributed by atoms with Crippen LogP contribution in [-0.2, 0) is 6.42 Å². The van der Waals surface area contributed by atoms with Gasteiger partial charge < -0.3 is 14.6 Å². The smallest absolute Gasteiger partial charge is 0.335 e. The molecule has 0 unspecified atom stereocenters. The second kappa shape index (κ2) is 6.10. The van der Waals surface area contributed by atoms with Crippen LogP contribution in [-0.4, -0.2) is 25.3 Å². The lowest BCUT2D eigenvalue weighted by atomic mass is 9.99. The average molecular weight is 272 g/mol. The van der Waals surface area contributed by atoms with Gasteiger partial charge in [0, 0.05) is 0 Å². The van der Waals surface area contributed by atoms with E-state index in [0.717, 1.165) is 11.3 Å². The number of ether oxygens (including phenoxy) is 2. The van der Waals surface area contributed by atoms with E-state index in [2.05, 4.69) is 0 Å². The van der Waals surface area contributed by atoms with Gasteiger partial charge >= 0.3 is 5.97 Å². The molecule has 0 saturated carbocycles. The van der Waals surface area contributed by atoms with Gasteiger partial charge in [0.1, 0.15) is 11.5 Å². The Hall–Kier alpha value is -2.49. The summed E-state index contributed by atoms with van der Waals surface area (Å²) in [6, 6.07) is 12.5. The summed E-state index contributed by atoms with van der Waals surface area (Å²) in [5, 5.41) is 9.24. The highest BCUT2D eigenvalue weighted by Crippen LogP contribution is 2.22. The Kier molecular flexibility index (Phi) is 4.25. The van der Waals surface area contributed by atoms with Crippen LogP contribution in [0.5, 0.6) is 11.5 Å². The highest BCUT2D eigenvalue weighted by molar-refractivity contribution is 5.89. The number of carboxylic acids is 1. The van der Waals surface area contributed by atoms with Crippen molar-refractivity contribution < 1.29 is 19.4 Å². The van der Waals surface area contributed by atoms with E-state index in [1.54, 1.807) is 32.4 Å². The van der Waals surface area contributed by atoms with Crippen LogP contribution in [0.2, 0.25) is 0 Å². The molecule has 2 rings (SSSR count). The second-order valence-electron chi connectivity index (χ2n) is 4.36. The van der Waals surface area contributed by atoms with E-state index in [1.807, 2.05) is 24.3 Å². The Balaban J connectivity index is 2.37. The molecule has 0 aliphatic heterocycles. The molecule has 0 bridgehead atoms. The minimum absolute atomic E-state index is 0.286. The number of benzene rings is 2. The van der Waals surface area contributed by atoms with E-state index in [1.165, 1.54) is 0 Å². The van der Waals surface area contributed by atoms with Gasteiger partial charge in [0.2, 0.25) is 0 Å². The lowest BCUT2D eigenvalue weighted by Crippen LogP contribution is -2.03. The first-order chi connectivity index (χ1) is 9.63. The monoisotopic (exact) mass is 272 g/mol. The lowest BCUT2D eigenvalue weighted by molar-refractivity contribution is 0.0696. The summed E-state index contributed by atoms with van der Waals surface area (Å²) >= 11 is 0. The summed E-state index contributed by atoms with van der Waals surface area (Å²) in [6.07, 6.45) is 0.510. The third kappa shape index (κ3) is 3.09. The molecule has 1 N–H and O–H groups in total. The van der Waals surface area contributed by atoms with E-state index < -0.39 is 5.97 Å². The standard InChI is InChI=1S/C16H16O4/c1-19-13-5-3-4-11(9-13)8-12-10-14(20-2)6-7-15(12)16(17)18/h3-7,9-10H,8H2,1-2H3,(H,17,18). The number of rotatable bonds is 5. The first-order valence-corrected chi connectivity index (χ1v) is 6.17. The van der Waals surface area contributed by atoms with Crippen LogP contribution in [0.4, 0.5) is 0 Å². The van der Waals surface area contributed by atoms with Gasteiger partial charge in [0.05, 0.1) is 19.8 Å². The molecule has 0 spiro atoms. The molecule has 104 valence electrons. The van der Waals surface area contributed by atoms with E-state index in [-0.39, 0.29) is 5.56 Å². The second-order valence-corrected chi connectivity index (χ2v) is 4.36. The van der Waals surface area contributed by atoms with Crippen LogP contribution >= 0.6 is 0 Å². The molecule has 0 saturated heterocycles. The Morgan fingerprint density at radius 1 is 1.05 bits per heavy atom. The maximum absolute atomic E-state index is 11.3. The van der Waals surface area contributed by atoms with Crippen LogP contribution in [0.1, 0.15) is 21.5 Å². The van der Waals surface area contributed by atoms with E-state index in [0.29, 0.717) is 17.7 Å². The van der Waals surface area contributed by atoms with Crippen molar-refractivity contribution >= 4 is 5.97 Å². The van der Waals surface area contributed by atoms with Crippen LogP contribution in [0.15, 0.2) is 42.5 Å². The van der Waals surface area contributed by atoms with Gasteiger partial charge in [-0.05, 0) is 47.9 Å². The molecule has 4 heteroatoms. The molecule has 4 nitrogen and oxygen atoms in total. The quantitative estimate of drug-likeness (QED) is 0.909. The highest BCUT2D eigenvalue weighted by atomic mass is 16.5. The molecule has 0 radical (unpaired) electrons. The van der Waals surface area contributed by atoms with Gasteiger partial charge in [-0.3, -0.25) is 0 Å². The van der Waals surface area contributed by atoms with Crippen LogP contribution < -0.4 is 9.47 Å². The Bertz CT molecular complexity index is 620. The maximum atomic E-state index is 11.3. The van der Waals surface area contributed by atoms with Crippen molar-refractivity contribution in [1.29, 1.82) is 0 Å². The van der Waals surface area contributed by atoms with Crippen LogP contribution in [0.3, 0.4) is 0 Å². The van der Waals surface area contributed by atoms with Gasteiger partial charge in [-0.2, -0.15) is 0 Å². The molecule has 0 aromatic heterocycles. The summed E-state index contributed by atoms with van der Waals surface area (Å²) in [7, 11) is 3.17. The summed E-state index contributed by atoms with van der Waals surface area (Å²) in [5.41, 5.74) is 1.99. The highest BCUT2D eigenvalue weighted by Gasteiger charge is 2.12. The van der Waals surface area contributed by atoms with Crippen molar-refractivity contribution in [3.63, 3.8) is 0 Å². The summed E-state index contributed by atoms with van der Waals surface area (Å²) in [6.45, 7) is 0. The largest absolute Gasteiger partial charge is 0.497 e. The molecule has 0 aliphatic rings. The minimum atomic E-state index is -0.939. The van der Waals surface area contributed by atoms with Gasteiger partial charge in [-0.25, -0.2) is 4.79 Å². The molecule has 0 amide bonds. The third-order valence-corrected chi connectivity index (χ3v) is 3.07. The minimum Gasteiger partial charge on any atom is -0.497 e. The predicted octanol–water partition coefficient (Wildman–Crippen LogP) is 2.99. The fraction of sp³-hybridized carbons (Fsp3) is 0.188. The first kappa shape index (κ1) is 13.9. The molecule has 20 heavy (non-hydrogen) atoms. The Morgan fingerprint density at radius 2 is 1.75 bits per heavy atom. The zero-order chi connectivity index (χ0) is 14.5. The van der Waals surface area contributed by atoms with Crippen molar-refractivity contribution in [2.45, 2.75) is 6.42 Å². The van der Waals surface area contributed by atoms with Crippen molar-refractivity contribution in [2.24, 2.45) is 0 Å². The number of aromatic carboxylic acids is 1. The molecular weight excluding hydrogens is 256 g/mol. The third-order valence-electron chi connectivity index (χ3n) is 3.07. The summed E-state index contributed by atoms with van der Waals surface area (Å²) in [5.74, 6) is 0.459. The molecular formula is C16H16O4. The van der Waals surface area contributed by atoms with Gasteiger partial charge in [-0.15, -0.1) is 0 Å². The maximum Gasteiger partial charge on any atom is 0.335 e. The van der Waals surface area contributed by atoms with Crippen LogP contribution in [0, 0.1) is 0 Å². The molecule has 0 fully saturated rings. The zero-order valence-electron chi connectivity index (χ0n) is 11.4. The number of carboxylic acid groups (broad SMARTS) is 1. The Morgan fingerprint density at radius 3 is 2.40 bits per heavy atom.